The summed E-state index contributed by atoms with van der Waals surface area (Å²) in [5.41, 5.74) is 6.31. The second kappa shape index (κ2) is 6.66. The molecule has 1 aromatic carbocycles. The number of hydrogen-bond donors (Lipinski definition) is 4. The van der Waals surface area contributed by atoms with Crippen LogP contribution >= 0.6 is 0 Å². The van der Waals surface area contributed by atoms with Crippen molar-refractivity contribution in [1.29, 1.82) is 5.26 Å². The number of hydrogen-bond acceptors (Lipinski definition) is 5. The molecule has 0 bridgehead atoms. The van der Waals surface area contributed by atoms with E-state index in [2.05, 4.69) is 10.6 Å². The van der Waals surface area contributed by atoms with E-state index in [1.54, 1.807) is 30.3 Å². The summed E-state index contributed by atoms with van der Waals surface area (Å²) >= 11 is 0. The molecule has 0 saturated heterocycles. The number of nitrogen functional groups attached to an aromatic ring is 1. The Morgan fingerprint density at radius 3 is 2.53 bits per heavy atom. The fourth-order valence-corrected chi connectivity index (χ4v) is 1.15. The van der Waals surface area contributed by atoms with Crippen LogP contribution in [0.25, 0.3) is 0 Å². The summed E-state index contributed by atoms with van der Waals surface area (Å²) in [6.07, 6.45) is 1.06. The molecule has 7 nitrogen and oxygen atoms in total. The van der Waals surface area contributed by atoms with Crippen LogP contribution in [-0.4, -0.2) is 23.5 Å². The molecule has 0 atom stereocenters. The van der Waals surface area contributed by atoms with Gasteiger partial charge in [0.2, 0.25) is 0 Å². The standard InChI is InChI=1S/C12H12N4O3/c13-5-8(6-15-7-11(17)18)12(19)16-10-3-1-9(14)2-4-10/h1-4,6,15H,7,14H2,(H,16,19)(H,17,18)/b8-6-. The maximum Gasteiger partial charge on any atom is 0.322 e. The summed E-state index contributed by atoms with van der Waals surface area (Å²) in [4.78, 5) is 22.0. The largest absolute Gasteiger partial charge is 0.480 e. The van der Waals surface area contributed by atoms with Crippen LogP contribution in [0.2, 0.25) is 0 Å². The van der Waals surface area contributed by atoms with Gasteiger partial charge in [-0.3, -0.25) is 9.59 Å². The summed E-state index contributed by atoms with van der Waals surface area (Å²) in [6.45, 7) is -0.375. The summed E-state index contributed by atoms with van der Waals surface area (Å²) < 4.78 is 0. The highest BCUT2D eigenvalue weighted by Crippen LogP contribution is 2.11. The zero-order chi connectivity index (χ0) is 14.3. The van der Waals surface area contributed by atoms with E-state index in [-0.39, 0.29) is 12.1 Å². The van der Waals surface area contributed by atoms with Crippen molar-refractivity contribution in [3.05, 3.63) is 36.0 Å². The molecular formula is C12H12N4O3. The minimum absolute atomic E-state index is 0.224. The van der Waals surface area contributed by atoms with Crippen LogP contribution in [0.15, 0.2) is 36.0 Å². The number of carbonyl (C=O) groups excluding carboxylic acids is 1. The molecule has 5 N–H and O–H groups in total. The molecule has 1 rings (SSSR count). The van der Waals surface area contributed by atoms with Gasteiger partial charge in [0, 0.05) is 17.6 Å². The van der Waals surface area contributed by atoms with E-state index >= 15 is 0 Å². The van der Waals surface area contributed by atoms with E-state index in [4.69, 9.17) is 16.1 Å². The van der Waals surface area contributed by atoms with Gasteiger partial charge in [-0.15, -0.1) is 0 Å². The molecular weight excluding hydrogens is 248 g/mol. The summed E-state index contributed by atoms with van der Waals surface area (Å²) in [6, 6.07) is 8.07. The van der Waals surface area contributed by atoms with Crippen LogP contribution in [0.3, 0.4) is 0 Å². The number of nitriles is 1. The zero-order valence-corrected chi connectivity index (χ0v) is 9.88. The van der Waals surface area contributed by atoms with E-state index in [9.17, 15) is 9.59 Å². The number of carboxylic acid groups (broad SMARTS) is 1. The van der Waals surface area contributed by atoms with Crippen molar-refractivity contribution in [2.75, 3.05) is 17.6 Å². The Balaban J connectivity index is 2.66. The average molecular weight is 260 g/mol. The molecule has 0 aliphatic heterocycles. The maximum atomic E-state index is 11.7. The molecule has 0 spiro atoms. The number of aliphatic carboxylic acids is 1. The number of rotatable bonds is 5. The van der Waals surface area contributed by atoms with Gasteiger partial charge in [-0.2, -0.15) is 5.26 Å². The second-order valence-electron chi connectivity index (χ2n) is 3.52. The molecule has 1 amide bonds. The van der Waals surface area contributed by atoms with Gasteiger partial charge in [-0.25, -0.2) is 0 Å². The number of nitrogens with one attached hydrogen (secondary N) is 2. The van der Waals surface area contributed by atoms with Crippen LogP contribution in [0.1, 0.15) is 0 Å². The van der Waals surface area contributed by atoms with Gasteiger partial charge in [0.15, 0.2) is 0 Å². The molecule has 1 aromatic rings. The Labute approximate surface area is 109 Å². The van der Waals surface area contributed by atoms with E-state index in [1.165, 1.54) is 0 Å². The van der Waals surface area contributed by atoms with Gasteiger partial charge in [0.05, 0.1) is 0 Å². The minimum atomic E-state index is -1.09. The predicted octanol–water partition coefficient (Wildman–Crippen LogP) is 0.289. The lowest BCUT2D eigenvalue weighted by Gasteiger charge is -2.04. The second-order valence-corrected chi connectivity index (χ2v) is 3.52. The first-order valence-electron chi connectivity index (χ1n) is 5.25. The predicted molar refractivity (Wildman–Crippen MR) is 68.8 cm³/mol. The molecule has 0 fully saturated rings. The Morgan fingerprint density at radius 1 is 1.37 bits per heavy atom. The van der Waals surface area contributed by atoms with Gasteiger partial charge in [-0.05, 0) is 24.3 Å². The first-order valence-corrected chi connectivity index (χ1v) is 5.25. The number of carboxylic acids is 1. The van der Waals surface area contributed by atoms with Crippen molar-refractivity contribution in [2.45, 2.75) is 0 Å². The zero-order valence-electron chi connectivity index (χ0n) is 9.88. The van der Waals surface area contributed by atoms with E-state index in [0.717, 1.165) is 6.20 Å². The number of carbonyl (C=O) groups is 2. The first-order chi connectivity index (χ1) is 9.02. The van der Waals surface area contributed by atoms with Crippen LogP contribution in [0.4, 0.5) is 11.4 Å². The Bertz CT molecular complexity index is 543. The van der Waals surface area contributed by atoms with Crippen molar-refractivity contribution in [3.63, 3.8) is 0 Å². The molecule has 98 valence electrons. The highest BCUT2D eigenvalue weighted by molar-refractivity contribution is 6.06. The monoisotopic (exact) mass is 260 g/mol. The lowest BCUT2D eigenvalue weighted by molar-refractivity contribution is -0.135. The van der Waals surface area contributed by atoms with Crippen molar-refractivity contribution >= 4 is 23.3 Å². The Kier molecular flexibility index (Phi) is 4.93. The molecule has 0 radical (unpaired) electrons. The smallest absolute Gasteiger partial charge is 0.322 e. The van der Waals surface area contributed by atoms with Crippen molar-refractivity contribution in [2.24, 2.45) is 0 Å². The third kappa shape index (κ3) is 4.79. The van der Waals surface area contributed by atoms with E-state index in [1.807, 2.05) is 0 Å². The summed E-state index contributed by atoms with van der Waals surface area (Å²) in [5.74, 6) is -1.72. The van der Waals surface area contributed by atoms with Crippen molar-refractivity contribution in [1.82, 2.24) is 5.32 Å². The highest BCUT2D eigenvalue weighted by atomic mass is 16.4. The van der Waals surface area contributed by atoms with Gasteiger partial charge >= 0.3 is 5.97 Å². The van der Waals surface area contributed by atoms with Gasteiger partial charge < -0.3 is 21.5 Å². The molecule has 0 heterocycles. The average Bonchev–Trinajstić information content (AvgIpc) is 2.37. The molecule has 0 aliphatic carbocycles. The Morgan fingerprint density at radius 2 is 2.00 bits per heavy atom. The third-order valence-electron chi connectivity index (χ3n) is 2.03. The third-order valence-corrected chi connectivity index (χ3v) is 2.03. The number of benzene rings is 1. The molecule has 0 unspecified atom stereocenters. The minimum Gasteiger partial charge on any atom is -0.480 e. The molecule has 0 saturated carbocycles. The van der Waals surface area contributed by atoms with Gasteiger partial charge in [0.1, 0.15) is 18.2 Å². The van der Waals surface area contributed by atoms with Gasteiger partial charge in [0.25, 0.3) is 5.91 Å². The lowest BCUT2D eigenvalue weighted by atomic mass is 10.2. The summed E-state index contributed by atoms with van der Waals surface area (Å²) in [5, 5.41) is 22.0. The maximum absolute atomic E-state index is 11.7. The topological polar surface area (TPSA) is 128 Å². The van der Waals surface area contributed by atoms with Crippen molar-refractivity contribution < 1.29 is 14.7 Å². The fraction of sp³-hybridized carbons (Fsp3) is 0.0833. The fourth-order valence-electron chi connectivity index (χ4n) is 1.15. The quantitative estimate of drug-likeness (QED) is 0.342. The highest BCUT2D eigenvalue weighted by Gasteiger charge is 2.09. The molecule has 0 aromatic heterocycles. The number of anilines is 2. The number of nitrogens with two attached hydrogens (primary N) is 1. The molecule has 19 heavy (non-hydrogen) atoms. The lowest BCUT2D eigenvalue weighted by Crippen LogP contribution is -2.20. The number of nitrogens with zero attached hydrogens (tertiary/aromatic N) is 1. The van der Waals surface area contributed by atoms with Crippen molar-refractivity contribution in [3.8, 4) is 6.07 Å². The van der Waals surface area contributed by atoms with Crippen LogP contribution in [0, 0.1) is 11.3 Å². The first kappa shape index (κ1) is 14.1. The van der Waals surface area contributed by atoms with Crippen LogP contribution in [-0.2, 0) is 9.59 Å². The number of amides is 1. The van der Waals surface area contributed by atoms with Crippen LogP contribution in [0.5, 0.6) is 0 Å². The SMILES string of the molecule is N#C/C(=C/NCC(=O)O)C(=O)Nc1ccc(N)cc1. The summed E-state index contributed by atoms with van der Waals surface area (Å²) in [7, 11) is 0. The molecule has 7 heteroatoms. The normalized spacial score (nSPS) is 10.4. The molecule has 0 aliphatic rings. The van der Waals surface area contributed by atoms with E-state index < -0.39 is 11.9 Å². The van der Waals surface area contributed by atoms with E-state index in [0.29, 0.717) is 11.4 Å². The van der Waals surface area contributed by atoms with Gasteiger partial charge in [-0.1, -0.05) is 0 Å². The van der Waals surface area contributed by atoms with Crippen LogP contribution < -0.4 is 16.4 Å². The Hall–Kier alpha value is -3.01.